The second kappa shape index (κ2) is 9.03. The van der Waals surface area contributed by atoms with Crippen molar-refractivity contribution in [3.8, 4) is 5.75 Å². The normalized spacial score (nSPS) is 23.9. The molecule has 1 aliphatic heterocycles. The first kappa shape index (κ1) is 22.5. The summed E-state index contributed by atoms with van der Waals surface area (Å²) in [4.78, 5) is 2.58. The largest absolute Gasteiger partial charge is 0.493 e. The van der Waals surface area contributed by atoms with Crippen LogP contribution in [0.2, 0.25) is 5.02 Å². The smallest absolute Gasteiger partial charge is 0.416 e. The van der Waals surface area contributed by atoms with Crippen molar-refractivity contribution in [3.63, 3.8) is 0 Å². The second-order valence-corrected chi connectivity index (χ2v) is 9.63. The van der Waals surface area contributed by atoms with Crippen molar-refractivity contribution < 1.29 is 17.9 Å². The molecule has 2 nitrogen and oxygen atoms in total. The van der Waals surface area contributed by atoms with Crippen LogP contribution in [-0.4, -0.2) is 30.6 Å². The second-order valence-electron chi connectivity index (χ2n) is 9.20. The lowest BCUT2D eigenvalue weighted by Gasteiger charge is -2.49. The summed E-state index contributed by atoms with van der Waals surface area (Å²) < 4.78 is 44.1. The van der Waals surface area contributed by atoms with Crippen LogP contribution in [-0.2, 0) is 11.6 Å². The Morgan fingerprint density at radius 1 is 1.03 bits per heavy atom. The van der Waals surface area contributed by atoms with Gasteiger partial charge in [0.25, 0.3) is 0 Å². The fourth-order valence-corrected chi connectivity index (χ4v) is 5.03. The van der Waals surface area contributed by atoms with Gasteiger partial charge >= 0.3 is 6.18 Å². The van der Waals surface area contributed by atoms with Crippen LogP contribution in [0.1, 0.15) is 50.2 Å². The van der Waals surface area contributed by atoms with Crippen molar-refractivity contribution in [2.45, 2.75) is 56.7 Å². The molecule has 0 radical (unpaired) electrons. The van der Waals surface area contributed by atoms with E-state index in [2.05, 4.69) is 24.0 Å². The molecule has 2 aromatic carbocycles. The summed E-state index contributed by atoms with van der Waals surface area (Å²) in [6.45, 7) is 4.81. The molecular formula is C25H29ClF3NO. The minimum Gasteiger partial charge on any atom is -0.493 e. The lowest BCUT2D eigenvalue weighted by molar-refractivity contribution is -0.137. The summed E-state index contributed by atoms with van der Waals surface area (Å²) in [5.74, 6) is 0.871. The molecule has 4 rings (SSSR count). The van der Waals surface area contributed by atoms with Crippen LogP contribution in [0.25, 0.3) is 0 Å². The number of ether oxygens (including phenoxy) is 1. The Morgan fingerprint density at radius 3 is 2.29 bits per heavy atom. The maximum atomic E-state index is 12.7. The van der Waals surface area contributed by atoms with Crippen molar-refractivity contribution in [2.75, 3.05) is 19.7 Å². The molecule has 2 atom stereocenters. The molecule has 1 aliphatic carbocycles. The maximum Gasteiger partial charge on any atom is 0.416 e. The topological polar surface area (TPSA) is 12.5 Å². The van der Waals surface area contributed by atoms with Crippen LogP contribution in [0, 0.1) is 5.92 Å². The Balaban J connectivity index is 1.36. The van der Waals surface area contributed by atoms with E-state index in [9.17, 15) is 13.2 Å². The van der Waals surface area contributed by atoms with Crippen molar-refractivity contribution in [1.29, 1.82) is 0 Å². The van der Waals surface area contributed by atoms with E-state index < -0.39 is 11.7 Å². The number of benzene rings is 2. The molecule has 1 heterocycles. The van der Waals surface area contributed by atoms with Gasteiger partial charge < -0.3 is 4.74 Å². The summed E-state index contributed by atoms with van der Waals surface area (Å²) in [6, 6.07) is 13.8. The van der Waals surface area contributed by atoms with E-state index in [1.807, 2.05) is 12.1 Å². The highest BCUT2D eigenvalue weighted by molar-refractivity contribution is 6.30. The van der Waals surface area contributed by atoms with Gasteiger partial charge in [-0.3, -0.25) is 4.90 Å². The zero-order valence-corrected chi connectivity index (χ0v) is 18.6. The van der Waals surface area contributed by atoms with E-state index in [4.69, 9.17) is 16.3 Å². The summed E-state index contributed by atoms with van der Waals surface area (Å²) >= 11 is 6.09. The average molecular weight is 452 g/mol. The van der Waals surface area contributed by atoms with Crippen LogP contribution in [0.3, 0.4) is 0 Å². The molecule has 0 amide bonds. The number of hydrogen-bond acceptors (Lipinski definition) is 2. The van der Waals surface area contributed by atoms with E-state index in [0.29, 0.717) is 24.3 Å². The Kier molecular flexibility index (Phi) is 6.55. The predicted octanol–water partition coefficient (Wildman–Crippen LogP) is 6.96. The van der Waals surface area contributed by atoms with E-state index in [1.165, 1.54) is 37.0 Å². The van der Waals surface area contributed by atoms with Crippen LogP contribution >= 0.6 is 11.6 Å². The Labute approximate surface area is 187 Å². The van der Waals surface area contributed by atoms with Gasteiger partial charge in [0.2, 0.25) is 0 Å². The minimum absolute atomic E-state index is 0.203. The molecule has 2 aromatic rings. The molecule has 0 spiro atoms. The maximum absolute atomic E-state index is 12.7. The molecule has 2 aliphatic rings. The molecule has 2 fully saturated rings. The molecule has 6 heteroatoms. The standard InChI is InChI=1S/C25H29ClF3NO/c1-18-3-4-19(16-31-23-11-7-21(8-12-23)25(27,28)29)15-30(18)17-24(13-2-14-24)20-5-9-22(26)10-6-20/h5-12,18-19H,2-4,13-17H2,1H3/t18-,19+/m0/s1. The van der Waals surface area contributed by atoms with E-state index in [1.54, 1.807) is 0 Å². The van der Waals surface area contributed by atoms with Gasteiger partial charge in [-0.15, -0.1) is 0 Å². The van der Waals surface area contributed by atoms with Gasteiger partial charge in [-0.2, -0.15) is 13.2 Å². The van der Waals surface area contributed by atoms with Crippen LogP contribution in [0.4, 0.5) is 13.2 Å². The third-order valence-corrected chi connectivity index (χ3v) is 7.30. The molecule has 0 N–H and O–H groups in total. The molecule has 31 heavy (non-hydrogen) atoms. The van der Waals surface area contributed by atoms with Gasteiger partial charge in [-0.25, -0.2) is 0 Å². The van der Waals surface area contributed by atoms with Crippen molar-refractivity contribution in [3.05, 3.63) is 64.7 Å². The Hall–Kier alpha value is -1.72. The Morgan fingerprint density at radius 2 is 1.71 bits per heavy atom. The number of nitrogens with zero attached hydrogens (tertiary/aromatic N) is 1. The first-order chi connectivity index (χ1) is 14.7. The zero-order valence-electron chi connectivity index (χ0n) is 17.8. The van der Waals surface area contributed by atoms with Crippen molar-refractivity contribution in [2.24, 2.45) is 5.92 Å². The quantitative estimate of drug-likeness (QED) is 0.470. The number of likely N-dealkylation sites (tertiary alicyclic amines) is 1. The van der Waals surface area contributed by atoms with Crippen molar-refractivity contribution in [1.82, 2.24) is 4.90 Å². The molecule has 168 valence electrons. The number of alkyl halides is 3. The molecule has 0 unspecified atom stereocenters. The minimum atomic E-state index is -4.32. The summed E-state index contributed by atoms with van der Waals surface area (Å²) in [7, 11) is 0. The molecule has 0 aromatic heterocycles. The first-order valence-electron chi connectivity index (χ1n) is 11.1. The first-order valence-corrected chi connectivity index (χ1v) is 11.4. The lowest BCUT2D eigenvalue weighted by Crippen LogP contribution is -2.52. The van der Waals surface area contributed by atoms with Crippen molar-refractivity contribution >= 4 is 11.6 Å². The SMILES string of the molecule is C[C@H]1CC[C@@H](COc2ccc(C(F)(F)F)cc2)CN1CC1(c2ccc(Cl)cc2)CCC1. The lowest BCUT2D eigenvalue weighted by atomic mass is 9.64. The van der Waals surface area contributed by atoms with E-state index in [0.717, 1.165) is 43.1 Å². The van der Waals surface area contributed by atoms with Crippen LogP contribution < -0.4 is 4.74 Å². The van der Waals surface area contributed by atoms with Gasteiger partial charge in [0.05, 0.1) is 12.2 Å². The van der Waals surface area contributed by atoms with E-state index >= 15 is 0 Å². The summed E-state index contributed by atoms with van der Waals surface area (Å²) in [5, 5.41) is 0.769. The molecule has 1 saturated carbocycles. The zero-order chi connectivity index (χ0) is 22.1. The summed E-state index contributed by atoms with van der Waals surface area (Å²) in [6.07, 6.45) is 1.52. The number of hydrogen-bond donors (Lipinski definition) is 0. The highest BCUT2D eigenvalue weighted by atomic mass is 35.5. The molecule has 1 saturated heterocycles. The van der Waals surface area contributed by atoms with Crippen LogP contribution in [0.15, 0.2) is 48.5 Å². The van der Waals surface area contributed by atoms with E-state index in [-0.39, 0.29) is 5.41 Å². The Bertz CT molecular complexity index is 862. The fraction of sp³-hybridized carbons (Fsp3) is 0.520. The fourth-order valence-electron chi connectivity index (χ4n) is 4.91. The summed E-state index contributed by atoms with van der Waals surface area (Å²) in [5.41, 5.74) is 0.929. The van der Waals surface area contributed by atoms with Gasteiger partial charge in [-0.1, -0.05) is 30.2 Å². The van der Waals surface area contributed by atoms with Crippen LogP contribution in [0.5, 0.6) is 5.75 Å². The van der Waals surface area contributed by atoms with Gasteiger partial charge in [0.1, 0.15) is 5.75 Å². The van der Waals surface area contributed by atoms with Gasteiger partial charge in [0, 0.05) is 35.5 Å². The third kappa shape index (κ3) is 5.20. The third-order valence-electron chi connectivity index (χ3n) is 7.05. The number of piperidine rings is 1. The highest BCUT2D eigenvalue weighted by Crippen LogP contribution is 2.45. The van der Waals surface area contributed by atoms with Gasteiger partial charge in [-0.05, 0) is 74.6 Å². The highest BCUT2D eigenvalue weighted by Gasteiger charge is 2.42. The average Bonchev–Trinajstić information content (AvgIpc) is 2.71. The predicted molar refractivity (Wildman–Crippen MR) is 118 cm³/mol. The van der Waals surface area contributed by atoms with Gasteiger partial charge in [0.15, 0.2) is 0 Å². The number of rotatable bonds is 6. The monoisotopic (exact) mass is 451 g/mol. The molecule has 0 bridgehead atoms. The number of halogens is 4. The molecular weight excluding hydrogens is 423 g/mol.